The summed E-state index contributed by atoms with van der Waals surface area (Å²) in [5.41, 5.74) is 8.40. The molecule has 6 nitrogen and oxygen atoms in total. The molecular weight excluding hydrogens is 468 g/mol. The average Bonchev–Trinajstić information content (AvgIpc) is 3.58. The maximum atomic E-state index is 10.2. The molecule has 0 N–H and O–H groups in total. The van der Waals surface area contributed by atoms with Crippen molar-refractivity contribution in [1.29, 1.82) is 5.26 Å². The summed E-state index contributed by atoms with van der Waals surface area (Å²) in [6.07, 6.45) is 0.659. The third-order valence-electron chi connectivity index (χ3n) is 7.18. The second kappa shape index (κ2) is 7.84. The Morgan fingerprint density at radius 3 is 2.33 bits per heavy atom. The van der Waals surface area contributed by atoms with Gasteiger partial charge in [0, 0.05) is 30.1 Å². The number of rotatable bonds is 3. The molecule has 36 heavy (non-hydrogen) atoms. The summed E-state index contributed by atoms with van der Waals surface area (Å²) < 4.78 is 4.43. The Bertz CT molecular complexity index is 1860. The fraction of sp³-hybridized carbons (Fsp3) is 0.138. The minimum Gasteiger partial charge on any atom is -0.308 e. The lowest BCUT2D eigenvalue weighted by Gasteiger charge is -2.25. The zero-order valence-corrected chi connectivity index (χ0v) is 20.4. The van der Waals surface area contributed by atoms with Crippen molar-refractivity contribution in [3.05, 3.63) is 100 Å². The van der Waals surface area contributed by atoms with Gasteiger partial charge in [-0.3, -0.25) is 9.30 Å². The summed E-state index contributed by atoms with van der Waals surface area (Å²) in [5, 5.41) is 10.9. The maximum absolute atomic E-state index is 10.2. The lowest BCUT2D eigenvalue weighted by molar-refractivity contribution is 0.820. The highest BCUT2D eigenvalue weighted by molar-refractivity contribution is 6.30. The molecule has 0 spiro atoms. The van der Waals surface area contributed by atoms with E-state index in [9.17, 15) is 5.26 Å². The van der Waals surface area contributed by atoms with Crippen molar-refractivity contribution >= 4 is 51.1 Å². The fourth-order valence-corrected chi connectivity index (χ4v) is 5.58. The van der Waals surface area contributed by atoms with Gasteiger partial charge in [0.05, 0.1) is 27.6 Å². The summed E-state index contributed by atoms with van der Waals surface area (Å²) in [5.74, 6) is 1.93. The first kappa shape index (κ1) is 21.0. The first-order chi connectivity index (χ1) is 17.6. The molecule has 6 aromatic rings. The van der Waals surface area contributed by atoms with E-state index in [1.54, 1.807) is 0 Å². The van der Waals surface area contributed by atoms with Gasteiger partial charge in [0.15, 0.2) is 5.65 Å². The summed E-state index contributed by atoms with van der Waals surface area (Å²) in [6, 6.07) is 26.7. The molecule has 174 valence electrons. The molecule has 7 rings (SSSR count). The zero-order valence-electron chi connectivity index (χ0n) is 19.6. The molecular formula is C29H21ClN6. The summed E-state index contributed by atoms with van der Waals surface area (Å²) in [6.45, 7) is 3.66. The lowest BCUT2D eigenvalue weighted by atomic mass is 9.97. The molecule has 0 bridgehead atoms. The molecule has 4 heterocycles. The molecule has 0 saturated heterocycles. The molecule has 3 aromatic heterocycles. The number of halogens is 1. The van der Waals surface area contributed by atoms with Gasteiger partial charge in [0.25, 0.3) is 0 Å². The molecule has 0 fully saturated rings. The highest BCUT2D eigenvalue weighted by atomic mass is 35.5. The molecule has 1 aliphatic heterocycles. The molecule has 0 saturated carbocycles. The Kier molecular flexibility index (Phi) is 4.57. The molecule has 0 amide bonds. The number of anilines is 2. The van der Waals surface area contributed by atoms with Crippen molar-refractivity contribution in [2.75, 3.05) is 11.4 Å². The lowest BCUT2D eigenvalue weighted by Crippen LogP contribution is -2.21. The highest BCUT2D eigenvalue weighted by Gasteiger charge is 2.31. The quantitative estimate of drug-likeness (QED) is 0.288. The van der Waals surface area contributed by atoms with Crippen LogP contribution in [-0.2, 0) is 13.0 Å². The van der Waals surface area contributed by atoms with Crippen molar-refractivity contribution in [1.82, 2.24) is 18.9 Å². The number of imidazole rings is 2. The fourth-order valence-electron chi connectivity index (χ4n) is 5.45. The molecule has 0 aliphatic carbocycles. The van der Waals surface area contributed by atoms with Gasteiger partial charge < -0.3 is 4.57 Å². The maximum Gasteiger partial charge on any atom is 0.212 e. The van der Waals surface area contributed by atoms with Crippen LogP contribution in [0.2, 0.25) is 5.02 Å². The van der Waals surface area contributed by atoms with E-state index in [4.69, 9.17) is 21.6 Å². The number of pyridine rings is 1. The van der Waals surface area contributed by atoms with Crippen molar-refractivity contribution in [3.63, 3.8) is 0 Å². The van der Waals surface area contributed by atoms with Crippen LogP contribution in [0.3, 0.4) is 0 Å². The Morgan fingerprint density at radius 1 is 0.889 bits per heavy atom. The van der Waals surface area contributed by atoms with Crippen LogP contribution >= 0.6 is 11.6 Å². The van der Waals surface area contributed by atoms with Gasteiger partial charge in [-0.1, -0.05) is 48.0 Å². The van der Waals surface area contributed by atoms with Crippen molar-refractivity contribution in [2.24, 2.45) is 0 Å². The van der Waals surface area contributed by atoms with E-state index < -0.39 is 0 Å². The van der Waals surface area contributed by atoms with Crippen LogP contribution in [0.15, 0.2) is 72.8 Å². The SMILES string of the molecule is Cc1c(Cc2ccc(Cl)cc2)c(N2CCn3c2nc2ccccc23)n2c(nc3ccccc32)c1C#N. The van der Waals surface area contributed by atoms with Gasteiger partial charge in [-0.15, -0.1) is 0 Å². The van der Waals surface area contributed by atoms with Crippen LogP contribution in [0.5, 0.6) is 0 Å². The van der Waals surface area contributed by atoms with Crippen molar-refractivity contribution < 1.29 is 0 Å². The molecule has 0 atom stereocenters. The Balaban J connectivity index is 1.57. The van der Waals surface area contributed by atoms with Gasteiger partial charge in [0.1, 0.15) is 11.9 Å². The van der Waals surface area contributed by atoms with Crippen LogP contribution in [0.4, 0.5) is 11.8 Å². The first-order valence-corrected chi connectivity index (χ1v) is 12.3. The van der Waals surface area contributed by atoms with Crippen molar-refractivity contribution in [2.45, 2.75) is 19.9 Å². The summed E-state index contributed by atoms with van der Waals surface area (Å²) >= 11 is 6.18. The molecule has 0 radical (unpaired) electrons. The van der Waals surface area contributed by atoms with Crippen LogP contribution < -0.4 is 4.90 Å². The van der Waals surface area contributed by atoms with Gasteiger partial charge in [-0.05, 0) is 54.4 Å². The number of nitriles is 1. The Morgan fingerprint density at radius 2 is 1.58 bits per heavy atom. The first-order valence-electron chi connectivity index (χ1n) is 11.9. The smallest absolute Gasteiger partial charge is 0.212 e. The van der Waals surface area contributed by atoms with E-state index in [-0.39, 0.29) is 0 Å². The summed E-state index contributed by atoms with van der Waals surface area (Å²) in [7, 11) is 0. The second-order valence-electron chi connectivity index (χ2n) is 9.18. The number of nitrogens with zero attached hydrogens (tertiary/aromatic N) is 6. The Hall–Kier alpha value is -4.34. The van der Waals surface area contributed by atoms with E-state index in [1.807, 2.05) is 55.5 Å². The van der Waals surface area contributed by atoms with Gasteiger partial charge in [0.2, 0.25) is 5.95 Å². The number of fused-ring (bicyclic) bond motifs is 6. The molecule has 1 aliphatic rings. The third-order valence-corrected chi connectivity index (χ3v) is 7.43. The number of para-hydroxylation sites is 4. The van der Waals surface area contributed by atoms with Crippen molar-refractivity contribution in [3.8, 4) is 6.07 Å². The summed E-state index contributed by atoms with van der Waals surface area (Å²) in [4.78, 5) is 12.2. The number of aromatic nitrogens is 4. The van der Waals surface area contributed by atoms with Crippen LogP contribution in [0, 0.1) is 18.3 Å². The predicted octanol–water partition coefficient (Wildman–Crippen LogP) is 6.41. The largest absolute Gasteiger partial charge is 0.308 e. The van der Waals surface area contributed by atoms with E-state index in [2.05, 4.69) is 44.2 Å². The van der Waals surface area contributed by atoms with Gasteiger partial charge >= 0.3 is 0 Å². The normalized spacial score (nSPS) is 13.1. The standard InChI is InChI=1S/C29H21ClN6/c1-18-21(16-19-10-12-20(30)13-11-19)28(35-15-14-34-25-8-4-2-6-23(25)33-29(34)35)36-26-9-5-3-7-24(26)32-27(36)22(18)17-31/h2-13H,14-16H2,1H3. The van der Waals surface area contributed by atoms with Gasteiger partial charge in [-0.2, -0.15) is 5.26 Å². The topological polar surface area (TPSA) is 62.1 Å². The monoisotopic (exact) mass is 488 g/mol. The van der Waals surface area contributed by atoms with E-state index >= 15 is 0 Å². The van der Waals surface area contributed by atoms with E-state index in [0.717, 1.165) is 63.6 Å². The zero-order chi connectivity index (χ0) is 24.4. The number of hydrogen-bond acceptors (Lipinski definition) is 4. The van der Waals surface area contributed by atoms with Crippen LogP contribution in [-0.4, -0.2) is 25.5 Å². The molecule has 0 unspecified atom stereocenters. The Labute approximate surface area is 212 Å². The highest BCUT2D eigenvalue weighted by Crippen LogP contribution is 2.40. The predicted molar refractivity (Wildman–Crippen MR) is 143 cm³/mol. The number of hydrogen-bond donors (Lipinski definition) is 0. The number of benzene rings is 3. The molecule has 7 heteroatoms. The third kappa shape index (κ3) is 2.96. The van der Waals surface area contributed by atoms with E-state index in [1.165, 1.54) is 0 Å². The van der Waals surface area contributed by atoms with Crippen LogP contribution in [0.25, 0.3) is 27.7 Å². The van der Waals surface area contributed by atoms with Gasteiger partial charge in [-0.25, -0.2) is 9.97 Å². The minimum absolute atomic E-state index is 0.603. The minimum atomic E-state index is 0.603. The van der Waals surface area contributed by atoms with Crippen LogP contribution in [0.1, 0.15) is 22.3 Å². The van der Waals surface area contributed by atoms with E-state index in [0.29, 0.717) is 22.7 Å². The molecule has 3 aromatic carbocycles. The second-order valence-corrected chi connectivity index (χ2v) is 9.62. The average molecular weight is 489 g/mol.